The Kier molecular flexibility index (Phi) is 4.82. The topological polar surface area (TPSA) is 150 Å². The summed E-state index contributed by atoms with van der Waals surface area (Å²) in [6.45, 7) is 3.80. The molecule has 12 nitrogen and oxygen atoms in total. The van der Waals surface area contributed by atoms with Gasteiger partial charge in [0.05, 0.1) is 5.69 Å². The van der Waals surface area contributed by atoms with Crippen molar-refractivity contribution in [2.75, 3.05) is 25.5 Å². The highest BCUT2D eigenvalue weighted by molar-refractivity contribution is 6.59. The number of β-lactam (4-membered cyclic amide) rings is 8. The van der Waals surface area contributed by atoms with Gasteiger partial charge in [-0.3, -0.25) is 53.1 Å². The standard InChI is InChI=1S/C14H12N2O4.C8H8N2O4/c1-3-8-4-6-9(7-5-8)16-12(19)14(13(16)20)10(17)15(2)11(14)18;1-3-10-6(13)8(7(10)14)4(11)9(2)5(8)12/h4-7H,3H2,1-2H3;3H2,1-2H3. The van der Waals surface area contributed by atoms with Crippen molar-refractivity contribution in [1.29, 1.82) is 0 Å². The van der Waals surface area contributed by atoms with Crippen LogP contribution in [0.4, 0.5) is 5.69 Å². The number of nitrogens with zero attached hydrogens (tertiary/aromatic N) is 4. The first-order valence-corrected chi connectivity index (χ1v) is 10.4. The van der Waals surface area contributed by atoms with E-state index >= 15 is 0 Å². The van der Waals surface area contributed by atoms with E-state index in [0.29, 0.717) is 5.69 Å². The van der Waals surface area contributed by atoms with Crippen molar-refractivity contribution < 1.29 is 38.4 Å². The van der Waals surface area contributed by atoms with Gasteiger partial charge in [0.1, 0.15) is 0 Å². The largest absolute Gasteiger partial charge is 0.285 e. The molecule has 4 aliphatic rings. The van der Waals surface area contributed by atoms with E-state index < -0.39 is 58.1 Å². The second-order valence-corrected chi connectivity index (χ2v) is 8.16. The normalized spacial score (nSPS) is 21.9. The molecule has 34 heavy (non-hydrogen) atoms. The average molecular weight is 468 g/mol. The molecule has 1 aromatic carbocycles. The molecule has 8 amide bonds. The molecular formula is C22H20N4O8. The van der Waals surface area contributed by atoms with Crippen molar-refractivity contribution in [3.63, 3.8) is 0 Å². The van der Waals surface area contributed by atoms with Gasteiger partial charge in [-0.25, -0.2) is 4.90 Å². The lowest BCUT2D eigenvalue weighted by atomic mass is 9.69. The second-order valence-electron chi connectivity index (χ2n) is 8.16. The Bertz CT molecular complexity index is 1170. The van der Waals surface area contributed by atoms with Crippen LogP contribution in [0.25, 0.3) is 0 Å². The zero-order valence-electron chi connectivity index (χ0n) is 18.8. The van der Waals surface area contributed by atoms with Gasteiger partial charge in [-0.1, -0.05) is 19.1 Å². The zero-order valence-corrected chi connectivity index (χ0v) is 18.8. The lowest BCUT2D eigenvalue weighted by Gasteiger charge is -2.51. The maximum atomic E-state index is 12.1. The van der Waals surface area contributed by atoms with Gasteiger partial charge in [0.2, 0.25) is 0 Å². The highest BCUT2D eigenvalue weighted by atomic mass is 16.2. The Labute approximate surface area is 193 Å². The van der Waals surface area contributed by atoms with Crippen LogP contribution < -0.4 is 4.90 Å². The molecule has 1 aromatic rings. The summed E-state index contributed by atoms with van der Waals surface area (Å²) in [5, 5.41) is 0. The van der Waals surface area contributed by atoms with Crippen LogP contribution >= 0.6 is 0 Å². The lowest BCUT2D eigenvalue weighted by Crippen LogP contribution is -2.83. The van der Waals surface area contributed by atoms with Gasteiger partial charge >= 0.3 is 0 Å². The smallest absolute Gasteiger partial charge is 0.282 e. The molecule has 176 valence electrons. The molecule has 2 spiro atoms. The van der Waals surface area contributed by atoms with Crippen LogP contribution in [0.15, 0.2) is 24.3 Å². The third-order valence-electron chi connectivity index (χ3n) is 6.60. The molecule has 4 heterocycles. The van der Waals surface area contributed by atoms with E-state index in [1.807, 2.05) is 6.92 Å². The highest BCUT2D eigenvalue weighted by Gasteiger charge is 2.80. The highest BCUT2D eigenvalue weighted by Crippen LogP contribution is 2.46. The van der Waals surface area contributed by atoms with Gasteiger partial charge in [0, 0.05) is 20.6 Å². The molecule has 4 fully saturated rings. The monoisotopic (exact) mass is 468 g/mol. The Morgan fingerprint density at radius 3 is 1.32 bits per heavy atom. The molecule has 0 atom stereocenters. The first-order chi connectivity index (χ1) is 15.9. The summed E-state index contributed by atoms with van der Waals surface area (Å²) in [5.41, 5.74) is -2.61. The summed E-state index contributed by atoms with van der Waals surface area (Å²) in [7, 11) is 2.51. The fourth-order valence-electron chi connectivity index (χ4n) is 4.40. The van der Waals surface area contributed by atoms with Crippen LogP contribution in [0.1, 0.15) is 19.4 Å². The van der Waals surface area contributed by atoms with E-state index in [1.54, 1.807) is 31.2 Å². The van der Waals surface area contributed by atoms with Crippen molar-refractivity contribution in [2.45, 2.75) is 20.3 Å². The molecule has 0 aromatic heterocycles. The molecule has 0 unspecified atom stereocenters. The zero-order chi connectivity index (χ0) is 25.3. The second kappa shape index (κ2) is 7.14. The summed E-state index contributed by atoms with van der Waals surface area (Å²) in [6.07, 6.45) is 0.841. The third kappa shape index (κ3) is 2.27. The maximum absolute atomic E-state index is 12.1. The average Bonchev–Trinajstić information content (AvgIpc) is 2.85. The number of imide groups is 4. The number of carbonyl (C=O) groups excluding carboxylic acids is 8. The Morgan fingerprint density at radius 2 is 0.971 bits per heavy atom. The van der Waals surface area contributed by atoms with Crippen LogP contribution in [-0.2, 0) is 44.8 Å². The van der Waals surface area contributed by atoms with Crippen molar-refractivity contribution >= 4 is 52.9 Å². The number of hydrogen-bond acceptors (Lipinski definition) is 8. The summed E-state index contributed by atoms with van der Waals surface area (Å²) in [6, 6.07) is 6.88. The third-order valence-corrected chi connectivity index (χ3v) is 6.60. The number of amides is 8. The van der Waals surface area contributed by atoms with Crippen LogP contribution in [0.5, 0.6) is 0 Å². The maximum Gasteiger partial charge on any atom is 0.285 e. The van der Waals surface area contributed by atoms with Gasteiger partial charge in [-0.15, -0.1) is 0 Å². The van der Waals surface area contributed by atoms with E-state index in [4.69, 9.17) is 0 Å². The summed E-state index contributed by atoms with van der Waals surface area (Å²) in [5.74, 6) is -5.75. The van der Waals surface area contributed by atoms with Gasteiger partial charge in [-0.2, -0.15) is 0 Å². The van der Waals surface area contributed by atoms with Crippen LogP contribution in [0, 0.1) is 10.8 Å². The van der Waals surface area contributed by atoms with Crippen LogP contribution in [-0.4, -0.2) is 82.6 Å². The van der Waals surface area contributed by atoms with Crippen molar-refractivity contribution in [1.82, 2.24) is 14.7 Å². The lowest BCUT2D eigenvalue weighted by molar-refractivity contribution is -0.198. The number of benzene rings is 1. The minimum Gasteiger partial charge on any atom is -0.282 e. The molecule has 0 N–H and O–H groups in total. The predicted octanol–water partition coefficient (Wildman–Crippen LogP) is -1.53. The van der Waals surface area contributed by atoms with Crippen molar-refractivity contribution in [3.8, 4) is 0 Å². The molecule has 0 saturated carbocycles. The molecule has 0 radical (unpaired) electrons. The number of hydrogen-bond donors (Lipinski definition) is 0. The van der Waals surface area contributed by atoms with Gasteiger partial charge in [0.15, 0.2) is 0 Å². The van der Waals surface area contributed by atoms with Gasteiger partial charge in [0.25, 0.3) is 58.1 Å². The minimum absolute atomic E-state index is 0.198. The number of carbonyl (C=O) groups is 8. The van der Waals surface area contributed by atoms with E-state index in [1.165, 1.54) is 14.1 Å². The summed E-state index contributed by atoms with van der Waals surface area (Å²) >= 11 is 0. The Hall–Kier alpha value is -4.22. The Morgan fingerprint density at radius 1 is 0.588 bits per heavy atom. The summed E-state index contributed by atoms with van der Waals surface area (Å²) < 4.78 is 0. The summed E-state index contributed by atoms with van der Waals surface area (Å²) in [4.78, 5) is 96.5. The molecule has 4 aliphatic heterocycles. The quantitative estimate of drug-likeness (QED) is 0.383. The molecule has 5 rings (SSSR count). The van der Waals surface area contributed by atoms with Crippen LogP contribution in [0.2, 0.25) is 0 Å². The Balaban J connectivity index is 0.000000172. The van der Waals surface area contributed by atoms with E-state index in [2.05, 4.69) is 0 Å². The molecule has 4 saturated heterocycles. The fourth-order valence-corrected chi connectivity index (χ4v) is 4.40. The number of aryl methyl sites for hydroxylation is 1. The molecule has 0 bridgehead atoms. The van der Waals surface area contributed by atoms with Gasteiger partial charge in [-0.05, 0) is 31.0 Å². The van der Waals surface area contributed by atoms with E-state index in [0.717, 1.165) is 31.6 Å². The first kappa shape index (κ1) is 23.0. The van der Waals surface area contributed by atoms with Crippen molar-refractivity contribution in [3.05, 3.63) is 29.8 Å². The van der Waals surface area contributed by atoms with Gasteiger partial charge < -0.3 is 0 Å². The first-order valence-electron chi connectivity index (χ1n) is 10.4. The number of rotatable bonds is 3. The van der Waals surface area contributed by atoms with E-state index in [-0.39, 0.29) is 6.54 Å². The fraction of sp³-hybridized carbons (Fsp3) is 0.364. The van der Waals surface area contributed by atoms with Crippen LogP contribution in [0.3, 0.4) is 0 Å². The van der Waals surface area contributed by atoms with Crippen molar-refractivity contribution in [2.24, 2.45) is 10.8 Å². The predicted molar refractivity (Wildman–Crippen MR) is 111 cm³/mol. The molecule has 12 heteroatoms. The molecule has 0 aliphatic carbocycles. The minimum atomic E-state index is -2.09. The number of anilines is 1. The SMILES string of the molecule is CCN1C(=O)C2(C(=O)N(C)C2=O)C1=O.CCc1ccc(N2C(=O)C3(C(=O)N(C)C3=O)C2=O)cc1. The number of likely N-dealkylation sites (tertiary alicyclic amines) is 3. The van der Waals surface area contributed by atoms with E-state index in [9.17, 15) is 38.4 Å². The molecular weight excluding hydrogens is 448 g/mol.